The summed E-state index contributed by atoms with van der Waals surface area (Å²) in [6, 6.07) is 13.0. The van der Waals surface area contributed by atoms with Gasteiger partial charge in [-0.2, -0.15) is 0 Å². The molecule has 4 atom stereocenters. The fourth-order valence-electron chi connectivity index (χ4n) is 7.35. The van der Waals surface area contributed by atoms with E-state index in [-0.39, 0.29) is 36.7 Å². The average Bonchev–Trinajstić information content (AvgIpc) is 3.58. The van der Waals surface area contributed by atoms with E-state index in [0.717, 1.165) is 48.6 Å². The standard InChI is InChI=1S/C43H52N4O7/c1-28(48)33-19-12-7-5-6-8-13-20-34-41(50)47-26-31(23-37(47)40(49)45-33)54-39-24-35(29-16-10-9-11-17-29)44-36-25-38(52-4)30(22-32(36)39)18-14-15-21-43(2,3)27-53-42(51)46-34/h7,9-12,14,16-18,22,24-25,31,33-34,37H,5-6,8,13,15,19-21,23,26-27H2,1-4H3,(H,45,49)(H,46,51)/b12-7-,18-14+/t31-,33?,34+,37+/m1/s1. The first-order valence-corrected chi connectivity index (χ1v) is 19.1. The van der Waals surface area contributed by atoms with Crippen LogP contribution in [0.2, 0.25) is 0 Å². The Labute approximate surface area is 317 Å². The maximum atomic E-state index is 14.5. The van der Waals surface area contributed by atoms with Crippen LogP contribution in [-0.2, 0) is 19.1 Å². The molecular weight excluding hydrogens is 684 g/mol. The van der Waals surface area contributed by atoms with Gasteiger partial charge in [0.15, 0.2) is 5.78 Å². The van der Waals surface area contributed by atoms with Crippen molar-refractivity contribution >= 4 is 40.7 Å². The molecule has 286 valence electrons. The predicted molar refractivity (Wildman–Crippen MR) is 208 cm³/mol. The zero-order valence-corrected chi connectivity index (χ0v) is 31.8. The van der Waals surface area contributed by atoms with Gasteiger partial charge in [-0.3, -0.25) is 14.4 Å². The average molecular weight is 737 g/mol. The number of rotatable bonds is 3. The number of nitrogens with zero attached hydrogens (tertiary/aromatic N) is 2. The summed E-state index contributed by atoms with van der Waals surface area (Å²) in [5.74, 6) is 0.216. The Morgan fingerprint density at radius 3 is 2.57 bits per heavy atom. The van der Waals surface area contributed by atoms with E-state index in [1.165, 1.54) is 11.8 Å². The predicted octanol–water partition coefficient (Wildman–Crippen LogP) is 7.17. The molecule has 1 fully saturated rings. The summed E-state index contributed by atoms with van der Waals surface area (Å²) in [5.41, 5.74) is 2.78. The van der Waals surface area contributed by atoms with Crippen molar-refractivity contribution < 1.29 is 33.4 Å². The molecule has 3 amide bonds. The van der Waals surface area contributed by atoms with E-state index in [1.54, 1.807) is 7.11 Å². The van der Waals surface area contributed by atoms with Crippen molar-refractivity contribution in [1.82, 2.24) is 20.5 Å². The fraction of sp³-hybridized carbons (Fsp3) is 0.465. The number of carbonyl (C=O) groups is 4. The number of aromatic nitrogens is 1. The Bertz CT molecular complexity index is 1910. The Morgan fingerprint density at radius 1 is 0.981 bits per heavy atom. The number of ether oxygens (including phenoxy) is 3. The van der Waals surface area contributed by atoms with Crippen LogP contribution in [0, 0.1) is 5.41 Å². The van der Waals surface area contributed by atoms with Crippen molar-refractivity contribution in [2.24, 2.45) is 5.41 Å². The lowest BCUT2D eigenvalue weighted by molar-refractivity contribution is -0.140. The van der Waals surface area contributed by atoms with Crippen LogP contribution in [0.4, 0.5) is 4.79 Å². The van der Waals surface area contributed by atoms with Gasteiger partial charge in [-0.1, -0.05) is 81.3 Å². The molecule has 0 saturated carbocycles. The summed E-state index contributed by atoms with van der Waals surface area (Å²) < 4.78 is 18.4. The molecule has 0 spiro atoms. The van der Waals surface area contributed by atoms with E-state index < -0.39 is 36.2 Å². The van der Waals surface area contributed by atoms with Gasteiger partial charge in [-0.25, -0.2) is 9.78 Å². The van der Waals surface area contributed by atoms with E-state index in [9.17, 15) is 19.2 Å². The van der Waals surface area contributed by atoms with Gasteiger partial charge in [0.2, 0.25) is 11.8 Å². The summed E-state index contributed by atoms with van der Waals surface area (Å²) in [7, 11) is 1.63. The summed E-state index contributed by atoms with van der Waals surface area (Å²) >= 11 is 0. The second-order valence-corrected chi connectivity index (χ2v) is 15.4. The van der Waals surface area contributed by atoms with Crippen molar-refractivity contribution in [3.05, 3.63) is 72.3 Å². The van der Waals surface area contributed by atoms with Gasteiger partial charge in [-0.05, 0) is 56.9 Å². The van der Waals surface area contributed by atoms with Crippen LogP contribution in [0.15, 0.2) is 66.8 Å². The third kappa shape index (κ3) is 9.48. The minimum atomic E-state index is -0.941. The van der Waals surface area contributed by atoms with Gasteiger partial charge in [0.1, 0.15) is 29.7 Å². The van der Waals surface area contributed by atoms with E-state index in [4.69, 9.17) is 19.2 Å². The molecule has 3 aromatic rings. The summed E-state index contributed by atoms with van der Waals surface area (Å²) in [6.45, 7) is 5.79. The molecule has 1 unspecified atom stereocenters. The Hall–Kier alpha value is -5.19. The molecule has 2 aromatic carbocycles. The van der Waals surface area contributed by atoms with Gasteiger partial charge in [0.05, 0.1) is 37.5 Å². The third-order valence-corrected chi connectivity index (χ3v) is 10.5. The maximum Gasteiger partial charge on any atom is 0.407 e. The zero-order chi connectivity index (χ0) is 38.2. The number of hydrogen-bond donors (Lipinski definition) is 2. The highest BCUT2D eigenvalue weighted by molar-refractivity contribution is 5.95. The van der Waals surface area contributed by atoms with Crippen molar-refractivity contribution in [1.29, 1.82) is 0 Å². The number of amides is 3. The number of pyridine rings is 1. The molecule has 54 heavy (non-hydrogen) atoms. The minimum Gasteiger partial charge on any atom is -0.496 e. The first-order valence-electron chi connectivity index (χ1n) is 19.1. The summed E-state index contributed by atoms with van der Waals surface area (Å²) in [5, 5.41) is 6.54. The van der Waals surface area contributed by atoms with E-state index >= 15 is 0 Å². The molecular formula is C43H52N4O7. The monoisotopic (exact) mass is 736 g/mol. The fourth-order valence-corrected chi connectivity index (χ4v) is 7.35. The highest BCUT2D eigenvalue weighted by Gasteiger charge is 2.44. The molecule has 6 rings (SSSR count). The van der Waals surface area contributed by atoms with Crippen LogP contribution in [0.1, 0.15) is 84.1 Å². The number of nitrogens with one attached hydrogen (secondary N) is 2. The van der Waals surface area contributed by atoms with Crippen molar-refractivity contribution in [3.8, 4) is 22.8 Å². The van der Waals surface area contributed by atoms with Crippen LogP contribution in [0.5, 0.6) is 11.5 Å². The highest BCUT2D eigenvalue weighted by Crippen LogP contribution is 2.37. The van der Waals surface area contributed by atoms with Gasteiger partial charge in [0.25, 0.3) is 0 Å². The van der Waals surface area contributed by atoms with Crippen molar-refractivity contribution in [2.75, 3.05) is 20.3 Å². The SMILES string of the molecule is COc1cc2nc(-c3ccccc3)cc3c2cc1/C=C/CCC(C)(C)COC(=O)N[C@H]1CCCCC/C=C\CC(C(C)=O)NC(=O)[C@@H]2C[C@H](CN2C1=O)O3. The van der Waals surface area contributed by atoms with Crippen molar-refractivity contribution in [2.45, 2.75) is 103 Å². The van der Waals surface area contributed by atoms with Crippen LogP contribution in [0.3, 0.4) is 0 Å². The third-order valence-electron chi connectivity index (χ3n) is 10.5. The van der Waals surface area contributed by atoms with Crippen LogP contribution < -0.4 is 20.1 Å². The molecule has 11 heteroatoms. The Balaban J connectivity index is 1.45. The molecule has 1 saturated heterocycles. The summed E-state index contributed by atoms with van der Waals surface area (Å²) in [4.78, 5) is 61.1. The normalized spacial score (nSPS) is 25.4. The molecule has 2 N–H and O–H groups in total. The van der Waals surface area contributed by atoms with Gasteiger partial charge >= 0.3 is 6.09 Å². The number of allylic oxidation sites excluding steroid dienone is 2. The second kappa shape index (κ2) is 17.3. The van der Waals surface area contributed by atoms with Gasteiger partial charge in [0, 0.05) is 35.1 Å². The number of fused-ring (bicyclic) bond motifs is 3. The number of carbonyl (C=O) groups excluding carboxylic acids is 4. The van der Waals surface area contributed by atoms with Crippen molar-refractivity contribution in [3.63, 3.8) is 0 Å². The molecule has 4 heterocycles. The maximum absolute atomic E-state index is 14.5. The topological polar surface area (TPSA) is 136 Å². The van der Waals surface area contributed by atoms with Crippen LogP contribution in [0.25, 0.3) is 28.2 Å². The number of cyclic esters (lactones) is 1. The summed E-state index contributed by atoms with van der Waals surface area (Å²) in [6.07, 6.45) is 12.4. The first kappa shape index (κ1) is 38.5. The van der Waals surface area contributed by atoms with E-state index in [1.807, 2.05) is 80.6 Å². The smallest absolute Gasteiger partial charge is 0.407 e. The van der Waals surface area contributed by atoms with Crippen LogP contribution in [-0.4, -0.2) is 78.1 Å². The largest absolute Gasteiger partial charge is 0.496 e. The molecule has 3 aliphatic heterocycles. The molecule has 11 nitrogen and oxygen atoms in total. The molecule has 0 aliphatic carbocycles. The zero-order valence-electron chi connectivity index (χ0n) is 31.8. The number of Topliss-reactive ketones (excluding diaryl/α,β-unsaturated/α-hetero) is 1. The first-order chi connectivity index (χ1) is 26.0. The molecule has 0 radical (unpaired) electrons. The number of ketones is 1. The molecule has 3 aliphatic rings. The number of alkyl carbamates (subject to hydrolysis) is 1. The van der Waals surface area contributed by atoms with Gasteiger partial charge < -0.3 is 29.7 Å². The van der Waals surface area contributed by atoms with Gasteiger partial charge in [-0.15, -0.1) is 0 Å². The van der Waals surface area contributed by atoms with E-state index in [2.05, 4.69) is 16.7 Å². The number of hydrogen-bond acceptors (Lipinski definition) is 8. The second-order valence-electron chi connectivity index (χ2n) is 15.4. The van der Waals surface area contributed by atoms with E-state index in [0.29, 0.717) is 42.0 Å². The molecule has 1 aromatic heterocycles. The Morgan fingerprint density at radius 2 is 1.80 bits per heavy atom. The minimum absolute atomic E-state index is 0.0925. The lowest BCUT2D eigenvalue weighted by Crippen LogP contribution is -2.55. The molecule has 5 bridgehead atoms. The lowest BCUT2D eigenvalue weighted by Gasteiger charge is -2.29. The highest BCUT2D eigenvalue weighted by atomic mass is 16.5. The number of methoxy groups -OCH3 is 1. The lowest BCUT2D eigenvalue weighted by atomic mass is 9.88. The Kier molecular flexibility index (Phi) is 12.3. The number of benzene rings is 2. The van der Waals surface area contributed by atoms with Crippen LogP contribution >= 0.6 is 0 Å². The quantitative estimate of drug-likeness (QED) is 0.270.